The number of aromatic amines is 1. The maximum absolute atomic E-state index is 13.1. The Morgan fingerprint density at radius 3 is 2.65 bits per heavy atom. The molecule has 0 aliphatic carbocycles. The number of piperidine rings is 1. The number of aromatic nitrogens is 5. The number of fused-ring (bicyclic) bond motifs is 1. The van der Waals surface area contributed by atoms with Gasteiger partial charge in [-0.3, -0.25) is 10.1 Å². The van der Waals surface area contributed by atoms with Gasteiger partial charge in [0, 0.05) is 31.1 Å². The van der Waals surface area contributed by atoms with E-state index in [1.165, 1.54) is 12.1 Å². The monoisotopic (exact) mass is 420 g/mol. The predicted molar refractivity (Wildman–Crippen MR) is 113 cm³/mol. The largest absolute Gasteiger partial charge is 0.504 e. The molecule has 8 nitrogen and oxygen atoms in total. The van der Waals surface area contributed by atoms with Crippen molar-refractivity contribution in [2.75, 3.05) is 18.0 Å². The maximum atomic E-state index is 13.1. The number of hydrogen-bond acceptors (Lipinski definition) is 7. The third-order valence-electron chi connectivity index (χ3n) is 5.51. The first kappa shape index (κ1) is 19.4. The molecule has 0 amide bonds. The summed E-state index contributed by atoms with van der Waals surface area (Å²) in [6, 6.07) is 9.86. The Labute approximate surface area is 177 Å². The highest BCUT2D eigenvalue weighted by atomic mass is 19.1. The third-order valence-corrected chi connectivity index (χ3v) is 5.51. The molecule has 1 fully saturated rings. The van der Waals surface area contributed by atoms with Crippen molar-refractivity contribution < 1.29 is 14.6 Å². The molecule has 1 aromatic carbocycles. The Bertz CT molecular complexity index is 1220. The van der Waals surface area contributed by atoms with Gasteiger partial charge < -0.3 is 15.1 Å². The Balaban J connectivity index is 1.53. The van der Waals surface area contributed by atoms with E-state index in [1.807, 2.05) is 6.07 Å². The van der Waals surface area contributed by atoms with E-state index in [-0.39, 0.29) is 29.2 Å². The molecule has 3 aromatic heterocycles. The summed E-state index contributed by atoms with van der Waals surface area (Å²) < 4.78 is 13.1. The summed E-state index contributed by atoms with van der Waals surface area (Å²) >= 11 is 0. The summed E-state index contributed by atoms with van der Waals surface area (Å²) in [6.07, 6.45) is 3.06. The fourth-order valence-electron chi connectivity index (χ4n) is 3.86. The molecule has 1 aliphatic rings. The number of pyridine rings is 2. The van der Waals surface area contributed by atoms with Crippen LogP contribution in [0, 0.1) is 5.82 Å². The lowest BCUT2D eigenvalue weighted by Crippen LogP contribution is -2.36. The van der Waals surface area contributed by atoms with Crippen LogP contribution < -0.4 is 4.90 Å². The van der Waals surface area contributed by atoms with Crippen molar-refractivity contribution in [3.05, 3.63) is 59.8 Å². The summed E-state index contributed by atoms with van der Waals surface area (Å²) in [5, 5.41) is 28.6. The summed E-state index contributed by atoms with van der Waals surface area (Å²) in [7, 11) is 0. The second-order valence-corrected chi connectivity index (χ2v) is 7.66. The molecular weight excluding hydrogens is 399 g/mol. The first-order valence-corrected chi connectivity index (χ1v) is 10.2. The smallest absolute Gasteiger partial charge is 0.203 e. The van der Waals surface area contributed by atoms with Gasteiger partial charge in [-0.15, -0.1) is 0 Å². The minimum absolute atomic E-state index is 0.0799. The Morgan fingerprint density at radius 2 is 1.87 bits per heavy atom. The van der Waals surface area contributed by atoms with Crippen molar-refractivity contribution in [1.82, 2.24) is 25.1 Å². The Morgan fingerprint density at radius 1 is 1.10 bits per heavy atom. The average Bonchev–Trinajstić information content (AvgIpc) is 3.25. The van der Waals surface area contributed by atoms with Gasteiger partial charge in [0.25, 0.3) is 0 Å². The van der Waals surface area contributed by atoms with Crippen LogP contribution in [0.5, 0.6) is 5.75 Å². The van der Waals surface area contributed by atoms with Gasteiger partial charge in [0.05, 0.1) is 6.10 Å². The van der Waals surface area contributed by atoms with E-state index in [0.29, 0.717) is 49.5 Å². The molecule has 3 N–H and O–H groups in total. The van der Waals surface area contributed by atoms with E-state index in [0.717, 1.165) is 10.9 Å². The molecule has 9 heteroatoms. The number of aliphatic hydroxyl groups is 1. The van der Waals surface area contributed by atoms with Crippen LogP contribution in [0.1, 0.15) is 24.2 Å². The number of nitrogens with one attached hydrogen (secondary N) is 1. The summed E-state index contributed by atoms with van der Waals surface area (Å²) in [6.45, 7) is 1.32. The highest BCUT2D eigenvalue weighted by Gasteiger charge is 2.24. The first-order chi connectivity index (χ1) is 15.1. The van der Waals surface area contributed by atoms with Crippen LogP contribution in [-0.2, 0) is 6.42 Å². The number of rotatable bonds is 4. The molecule has 5 rings (SSSR count). The number of anilines is 1. The Kier molecular flexibility index (Phi) is 4.95. The van der Waals surface area contributed by atoms with Gasteiger partial charge in [0.2, 0.25) is 5.82 Å². The molecule has 4 aromatic rings. The van der Waals surface area contributed by atoms with Gasteiger partial charge in [0.1, 0.15) is 23.0 Å². The number of halogens is 1. The molecule has 0 unspecified atom stereocenters. The lowest BCUT2D eigenvalue weighted by Gasteiger charge is -2.31. The lowest BCUT2D eigenvalue weighted by atomic mass is 10.1. The zero-order chi connectivity index (χ0) is 21.4. The van der Waals surface area contributed by atoms with Crippen LogP contribution in [0.4, 0.5) is 10.2 Å². The van der Waals surface area contributed by atoms with Crippen LogP contribution in [0.2, 0.25) is 0 Å². The highest BCUT2D eigenvalue weighted by Crippen LogP contribution is 2.37. The van der Waals surface area contributed by atoms with Crippen LogP contribution in [0.15, 0.2) is 42.6 Å². The zero-order valence-electron chi connectivity index (χ0n) is 16.7. The van der Waals surface area contributed by atoms with E-state index < -0.39 is 0 Å². The average molecular weight is 420 g/mol. The summed E-state index contributed by atoms with van der Waals surface area (Å²) in [5.74, 6) is 1.15. The van der Waals surface area contributed by atoms with Gasteiger partial charge in [-0.2, -0.15) is 5.10 Å². The van der Waals surface area contributed by atoms with Crippen LogP contribution in [-0.4, -0.2) is 54.6 Å². The summed E-state index contributed by atoms with van der Waals surface area (Å²) in [4.78, 5) is 15.6. The highest BCUT2D eigenvalue weighted by molar-refractivity contribution is 5.97. The molecule has 0 radical (unpaired) electrons. The van der Waals surface area contributed by atoms with E-state index >= 15 is 0 Å². The Hall–Kier alpha value is -3.59. The number of aromatic hydroxyl groups is 1. The molecule has 158 valence electrons. The van der Waals surface area contributed by atoms with Crippen LogP contribution >= 0.6 is 0 Å². The fourth-order valence-corrected chi connectivity index (χ4v) is 3.86. The van der Waals surface area contributed by atoms with Gasteiger partial charge in [0.15, 0.2) is 11.4 Å². The number of aliphatic hydroxyl groups excluding tert-OH is 1. The molecule has 1 saturated heterocycles. The SMILES string of the molecule is Oc1c(-c2n[nH]c(Cc3ccc(F)cc3)n2)nc(N2CCC(O)CC2)c2cccnc12. The quantitative estimate of drug-likeness (QED) is 0.466. The molecule has 1 aliphatic heterocycles. The van der Waals surface area contributed by atoms with Crippen molar-refractivity contribution >= 4 is 16.7 Å². The van der Waals surface area contributed by atoms with E-state index in [9.17, 15) is 14.6 Å². The molecule has 0 atom stereocenters. The topological polar surface area (TPSA) is 111 Å². The van der Waals surface area contributed by atoms with Crippen molar-refractivity contribution in [3.63, 3.8) is 0 Å². The van der Waals surface area contributed by atoms with Crippen molar-refractivity contribution in [1.29, 1.82) is 0 Å². The van der Waals surface area contributed by atoms with Gasteiger partial charge >= 0.3 is 0 Å². The van der Waals surface area contributed by atoms with Gasteiger partial charge in [-0.25, -0.2) is 14.4 Å². The molecule has 0 spiro atoms. The van der Waals surface area contributed by atoms with Gasteiger partial charge in [-0.05, 0) is 42.7 Å². The normalized spacial score (nSPS) is 15.0. The van der Waals surface area contributed by atoms with Crippen molar-refractivity contribution in [3.8, 4) is 17.3 Å². The fraction of sp³-hybridized carbons (Fsp3) is 0.273. The number of benzene rings is 1. The first-order valence-electron chi connectivity index (χ1n) is 10.2. The standard InChI is InChI=1S/C22H21FN6O2/c23-14-5-3-13(4-6-14)12-17-25-21(28-27-17)19-20(31)18-16(2-1-9-24-18)22(26-19)29-10-7-15(30)8-11-29/h1-6,9,15,30-31H,7-8,10-12H2,(H,25,27,28). The predicted octanol–water partition coefficient (Wildman–Crippen LogP) is 2.81. The number of H-pyrrole nitrogens is 1. The molecule has 0 bridgehead atoms. The van der Waals surface area contributed by atoms with E-state index in [1.54, 1.807) is 24.4 Å². The lowest BCUT2D eigenvalue weighted by molar-refractivity contribution is 0.145. The molecule has 0 saturated carbocycles. The van der Waals surface area contributed by atoms with E-state index in [4.69, 9.17) is 4.98 Å². The van der Waals surface area contributed by atoms with Gasteiger partial charge in [-0.1, -0.05) is 12.1 Å². The van der Waals surface area contributed by atoms with Crippen molar-refractivity contribution in [2.24, 2.45) is 0 Å². The zero-order valence-corrected chi connectivity index (χ0v) is 16.7. The molecule has 31 heavy (non-hydrogen) atoms. The van der Waals surface area contributed by atoms with Crippen LogP contribution in [0.3, 0.4) is 0 Å². The van der Waals surface area contributed by atoms with Crippen LogP contribution in [0.25, 0.3) is 22.4 Å². The number of nitrogens with zero attached hydrogens (tertiary/aromatic N) is 5. The second-order valence-electron chi connectivity index (χ2n) is 7.66. The van der Waals surface area contributed by atoms with E-state index in [2.05, 4.69) is 25.1 Å². The minimum atomic E-state index is -0.306. The van der Waals surface area contributed by atoms with Crippen molar-refractivity contribution in [2.45, 2.75) is 25.4 Å². The summed E-state index contributed by atoms with van der Waals surface area (Å²) in [5.41, 5.74) is 1.56. The molecular formula is C22H21FN6O2. The molecule has 4 heterocycles. The minimum Gasteiger partial charge on any atom is -0.504 e. The number of hydrogen-bond donors (Lipinski definition) is 3. The second kappa shape index (κ2) is 7.92. The third kappa shape index (κ3) is 3.79. The maximum Gasteiger partial charge on any atom is 0.203 e.